The normalized spacial score (nSPS) is 12.8. The van der Waals surface area contributed by atoms with E-state index in [-0.39, 0.29) is 6.04 Å². The molecule has 0 heterocycles. The zero-order valence-corrected chi connectivity index (χ0v) is 14.6. The molecule has 0 aromatic heterocycles. The predicted octanol–water partition coefficient (Wildman–Crippen LogP) is 1.80. The van der Waals surface area contributed by atoms with E-state index in [0.29, 0.717) is 26.4 Å². The molecule has 0 aliphatic carbocycles. The molecule has 0 saturated carbocycles. The number of nitrogens with zero attached hydrogens (tertiary/aromatic N) is 1. The van der Waals surface area contributed by atoms with Crippen LogP contribution in [0.2, 0.25) is 0 Å². The number of hydrogen-bond donors (Lipinski definition) is 2. The van der Waals surface area contributed by atoms with Crippen LogP contribution in [0.4, 0.5) is 0 Å². The summed E-state index contributed by atoms with van der Waals surface area (Å²) in [5, 5.41) is 6.55. The van der Waals surface area contributed by atoms with Crippen LogP contribution in [0.3, 0.4) is 0 Å². The molecule has 23 heavy (non-hydrogen) atoms. The molecule has 6 nitrogen and oxygen atoms in total. The predicted molar refractivity (Wildman–Crippen MR) is 93.1 cm³/mol. The molecule has 0 fully saturated rings. The quantitative estimate of drug-likeness (QED) is 0.390. The summed E-state index contributed by atoms with van der Waals surface area (Å²) in [7, 11) is 3.35. The highest BCUT2D eigenvalue weighted by molar-refractivity contribution is 5.80. The van der Waals surface area contributed by atoms with E-state index >= 15 is 0 Å². The van der Waals surface area contributed by atoms with Crippen molar-refractivity contribution in [3.63, 3.8) is 0 Å². The van der Waals surface area contributed by atoms with Crippen molar-refractivity contribution in [2.45, 2.75) is 26.4 Å². The Kier molecular flexibility index (Phi) is 9.83. The van der Waals surface area contributed by atoms with E-state index in [9.17, 15) is 0 Å². The fourth-order valence-electron chi connectivity index (χ4n) is 1.99. The van der Waals surface area contributed by atoms with E-state index in [0.717, 1.165) is 23.8 Å². The van der Waals surface area contributed by atoms with Gasteiger partial charge in [-0.2, -0.15) is 0 Å². The van der Waals surface area contributed by atoms with Crippen molar-refractivity contribution in [2.24, 2.45) is 4.99 Å². The molecular formula is C17H29N3O3. The molecule has 1 aromatic rings. The standard InChI is InChI=1S/C17H29N3O3/c1-5-18-17(20-14(2)13-22-4)19-12-15-7-6-8-16(11-15)23-10-9-21-3/h6-8,11,14H,5,9-10,12-13H2,1-4H3,(H2,18,19,20). The van der Waals surface area contributed by atoms with E-state index in [1.54, 1.807) is 14.2 Å². The number of aliphatic imine (C=N–C) groups is 1. The fourth-order valence-corrected chi connectivity index (χ4v) is 1.99. The van der Waals surface area contributed by atoms with Gasteiger partial charge in [0.15, 0.2) is 5.96 Å². The molecule has 1 atom stereocenters. The number of ether oxygens (including phenoxy) is 3. The van der Waals surface area contributed by atoms with Gasteiger partial charge in [0.25, 0.3) is 0 Å². The van der Waals surface area contributed by atoms with Crippen LogP contribution in [0.25, 0.3) is 0 Å². The van der Waals surface area contributed by atoms with Gasteiger partial charge in [-0.15, -0.1) is 0 Å². The highest BCUT2D eigenvalue weighted by atomic mass is 16.5. The summed E-state index contributed by atoms with van der Waals surface area (Å²) in [6.45, 7) is 7.24. The molecule has 1 unspecified atom stereocenters. The van der Waals surface area contributed by atoms with Crippen molar-refractivity contribution >= 4 is 5.96 Å². The van der Waals surface area contributed by atoms with Gasteiger partial charge >= 0.3 is 0 Å². The number of guanidine groups is 1. The molecule has 1 rings (SSSR count). The molecule has 0 aliphatic rings. The Morgan fingerprint density at radius 2 is 2.04 bits per heavy atom. The summed E-state index contributed by atoms with van der Waals surface area (Å²) < 4.78 is 15.7. The van der Waals surface area contributed by atoms with Gasteiger partial charge in [0.05, 0.1) is 19.8 Å². The van der Waals surface area contributed by atoms with E-state index in [1.807, 2.05) is 31.2 Å². The third-order valence-electron chi connectivity index (χ3n) is 3.02. The molecule has 0 saturated heterocycles. The number of methoxy groups -OCH3 is 2. The third-order valence-corrected chi connectivity index (χ3v) is 3.02. The van der Waals surface area contributed by atoms with Crippen LogP contribution in [0.15, 0.2) is 29.3 Å². The minimum atomic E-state index is 0.196. The summed E-state index contributed by atoms with van der Waals surface area (Å²) in [4.78, 5) is 4.60. The SMILES string of the molecule is CCNC(=NCc1cccc(OCCOC)c1)NC(C)COC. The van der Waals surface area contributed by atoms with Crippen molar-refractivity contribution in [3.8, 4) is 5.75 Å². The second-order valence-electron chi connectivity index (χ2n) is 5.18. The Hall–Kier alpha value is -1.79. The molecule has 0 radical (unpaired) electrons. The van der Waals surface area contributed by atoms with Gasteiger partial charge in [0, 0.05) is 26.8 Å². The molecule has 0 amide bonds. The molecule has 6 heteroatoms. The minimum absolute atomic E-state index is 0.196. The monoisotopic (exact) mass is 323 g/mol. The van der Waals surface area contributed by atoms with Crippen LogP contribution in [0.1, 0.15) is 19.4 Å². The molecular weight excluding hydrogens is 294 g/mol. The molecule has 0 spiro atoms. The first-order chi connectivity index (χ1) is 11.2. The lowest BCUT2D eigenvalue weighted by molar-refractivity contribution is 0.146. The molecule has 1 aromatic carbocycles. The van der Waals surface area contributed by atoms with Crippen molar-refractivity contribution in [1.82, 2.24) is 10.6 Å². The minimum Gasteiger partial charge on any atom is -0.491 e. The molecule has 0 bridgehead atoms. The lowest BCUT2D eigenvalue weighted by Gasteiger charge is -2.17. The molecule has 130 valence electrons. The third kappa shape index (κ3) is 8.42. The largest absolute Gasteiger partial charge is 0.491 e. The number of rotatable bonds is 10. The summed E-state index contributed by atoms with van der Waals surface area (Å²) in [5.74, 6) is 1.61. The van der Waals surface area contributed by atoms with Gasteiger partial charge in [-0.3, -0.25) is 0 Å². The number of hydrogen-bond acceptors (Lipinski definition) is 4. The van der Waals surface area contributed by atoms with Gasteiger partial charge in [0.1, 0.15) is 12.4 Å². The zero-order chi connectivity index (χ0) is 16.9. The first kappa shape index (κ1) is 19.3. The second kappa shape index (κ2) is 11.7. The van der Waals surface area contributed by atoms with Crippen molar-refractivity contribution in [1.29, 1.82) is 0 Å². The average molecular weight is 323 g/mol. The van der Waals surface area contributed by atoms with Crippen LogP contribution in [0.5, 0.6) is 5.75 Å². The van der Waals surface area contributed by atoms with Gasteiger partial charge in [0.2, 0.25) is 0 Å². The van der Waals surface area contributed by atoms with Crippen LogP contribution in [-0.4, -0.2) is 52.6 Å². The van der Waals surface area contributed by atoms with Crippen molar-refractivity contribution in [3.05, 3.63) is 29.8 Å². The van der Waals surface area contributed by atoms with Crippen LogP contribution >= 0.6 is 0 Å². The maximum Gasteiger partial charge on any atom is 0.191 e. The second-order valence-corrected chi connectivity index (χ2v) is 5.18. The Bertz CT molecular complexity index is 466. The molecule has 2 N–H and O–H groups in total. The van der Waals surface area contributed by atoms with E-state index in [1.165, 1.54) is 0 Å². The fraction of sp³-hybridized carbons (Fsp3) is 0.588. The average Bonchev–Trinajstić information content (AvgIpc) is 2.54. The van der Waals surface area contributed by atoms with Crippen molar-refractivity contribution in [2.75, 3.05) is 40.6 Å². The van der Waals surface area contributed by atoms with Crippen molar-refractivity contribution < 1.29 is 14.2 Å². The van der Waals surface area contributed by atoms with Gasteiger partial charge in [-0.25, -0.2) is 4.99 Å². The lowest BCUT2D eigenvalue weighted by atomic mass is 10.2. The Morgan fingerprint density at radius 3 is 2.74 bits per heavy atom. The Balaban J connectivity index is 2.61. The van der Waals surface area contributed by atoms with Gasteiger partial charge in [-0.1, -0.05) is 12.1 Å². The Labute approximate surface area is 139 Å². The number of benzene rings is 1. The summed E-state index contributed by atoms with van der Waals surface area (Å²) in [6, 6.07) is 8.14. The van der Waals surface area contributed by atoms with E-state index in [4.69, 9.17) is 14.2 Å². The highest BCUT2D eigenvalue weighted by Crippen LogP contribution is 2.14. The smallest absolute Gasteiger partial charge is 0.191 e. The van der Waals surface area contributed by atoms with E-state index < -0.39 is 0 Å². The summed E-state index contributed by atoms with van der Waals surface area (Å²) in [5.41, 5.74) is 1.09. The lowest BCUT2D eigenvalue weighted by Crippen LogP contribution is -2.43. The maximum atomic E-state index is 5.62. The Morgan fingerprint density at radius 1 is 1.22 bits per heavy atom. The van der Waals surface area contributed by atoms with Gasteiger partial charge in [-0.05, 0) is 31.5 Å². The first-order valence-electron chi connectivity index (χ1n) is 7.94. The van der Waals surface area contributed by atoms with Crippen LogP contribution in [0, 0.1) is 0 Å². The summed E-state index contributed by atoms with van der Waals surface area (Å²) >= 11 is 0. The first-order valence-corrected chi connectivity index (χ1v) is 7.94. The summed E-state index contributed by atoms with van der Waals surface area (Å²) in [6.07, 6.45) is 0. The van der Waals surface area contributed by atoms with Crippen LogP contribution in [-0.2, 0) is 16.0 Å². The zero-order valence-electron chi connectivity index (χ0n) is 14.6. The maximum absolute atomic E-state index is 5.62. The van der Waals surface area contributed by atoms with E-state index in [2.05, 4.69) is 22.5 Å². The molecule has 0 aliphatic heterocycles. The highest BCUT2D eigenvalue weighted by Gasteiger charge is 2.04. The van der Waals surface area contributed by atoms with Gasteiger partial charge < -0.3 is 24.8 Å². The van der Waals surface area contributed by atoms with Crippen LogP contribution < -0.4 is 15.4 Å². The topological polar surface area (TPSA) is 64.1 Å². The number of nitrogens with one attached hydrogen (secondary N) is 2.